The molecule has 0 aliphatic carbocycles. The maximum Gasteiger partial charge on any atom is 0.191 e. The molecule has 6 nitrogen and oxygen atoms in total. The molecule has 0 saturated carbocycles. The van der Waals surface area contributed by atoms with E-state index in [0.717, 1.165) is 49.5 Å². The van der Waals surface area contributed by atoms with Gasteiger partial charge in [-0.1, -0.05) is 29.8 Å². The van der Waals surface area contributed by atoms with Gasteiger partial charge in [-0.05, 0) is 31.0 Å². The molecule has 0 bridgehead atoms. The summed E-state index contributed by atoms with van der Waals surface area (Å²) in [6.07, 6.45) is 2.91. The number of aliphatic hydroxyl groups excluding tert-OH is 1. The zero-order valence-electron chi connectivity index (χ0n) is 15.9. The van der Waals surface area contributed by atoms with Crippen molar-refractivity contribution in [2.75, 3.05) is 32.8 Å². The minimum Gasteiger partial charge on any atom is -0.469 e. The van der Waals surface area contributed by atoms with Crippen molar-refractivity contribution in [1.29, 1.82) is 0 Å². The second-order valence-corrected chi connectivity index (χ2v) is 6.99. The molecule has 1 fully saturated rings. The van der Waals surface area contributed by atoms with Crippen LogP contribution in [-0.2, 0) is 11.2 Å². The summed E-state index contributed by atoms with van der Waals surface area (Å²) in [5.41, 5.74) is 2.02. The van der Waals surface area contributed by atoms with E-state index in [-0.39, 0.29) is 0 Å². The van der Waals surface area contributed by atoms with Crippen LogP contribution in [0.3, 0.4) is 0 Å². The molecule has 0 spiro atoms. The average Bonchev–Trinajstić information content (AvgIpc) is 3.37. The van der Waals surface area contributed by atoms with E-state index < -0.39 is 6.10 Å². The second-order valence-electron chi connectivity index (χ2n) is 6.99. The molecule has 1 aromatic heterocycles. The zero-order chi connectivity index (χ0) is 18.9. The second kappa shape index (κ2) is 10.1. The Labute approximate surface area is 160 Å². The van der Waals surface area contributed by atoms with Crippen molar-refractivity contribution in [1.82, 2.24) is 10.6 Å². The van der Waals surface area contributed by atoms with Crippen LogP contribution in [0.1, 0.15) is 29.4 Å². The van der Waals surface area contributed by atoms with Gasteiger partial charge in [-0.3, -0.25) is 4.99 Å². The van der Waals surface area contributed by atoms with Crippen LogP contribution in [0.2, 0.25) is 0 Å². The molecule has 3 rings (SSSR count). The van der Waals surface area contributed by atoms with Gasteiger partial charge in [0.1, 0.15) is 5.76 Å². The quantitative estimate of drug-likeness (QED) is 0.491. The highest BCUT2D eigenvalue weighted by Gasteiger charge is 2.16. The standard InChI is InChI=1S/C21H29N3O3/c1-16-4-2-5-18(12-16)20(25)14-24-21(23-13-17-8-11-26-15-17)22-9-7-19-6-3-10-27-19/h2-6,10,12,17,20,25H,7-9,11,13-15H2,1H3,(H2,22,23,24). The monoisotopic (exact) mass is 371 g/mol. The number of hydrogen-bond acceptors (Lipinski definition) is 4. The summed E-state index contributed by atoms with van der Waals surface area (Å²) in [4.78, 5) is 4.58. The molecule has 0 radical (unpaired) electrons. The lowest BCUT2D eigenvalue weighted by Gasteiger charge is -2.16. The third kappa shape index (κ3) is 6.41. The van der Waals surface area contributed by atoms with Gasteiger partial charge in [0.15, 0.2) is 5.96 Å². The Morgan fingerprint density at radius 2 is 2.22 bits per heavy atom. The van der Waals surface area contributed by atoms with Gasteiger partial charge >= 0.3 is 0 Å². The first-order chi connectivity index (χ1) is 13.2. The third-order valence-corrected chi connectivity index (χ3v) is 4.68. The van der Waals surface area contributed by atoms with Gasteiger partial charge in [-0.15, -0.1) is 0 Å². The van der Waals surface area contributed by atoms with Crippen LogP contribution in [-0.4, -0.2) is 43.9 Å². The van der Waals surface area contributed by atoms with Crippen LogP contribution in [0, 0.1) is 12.8 Å². The molecule has 1 aliphatic heterocycles. The Balaban J connectivity index is 1.55. The summed E-state index contributed by atoms with van der Waals surface area (Å²) in [5, 5.41) is 17.2. The van der Waals surface area contributed by atoms with Crippen LogP contribution in [0.5, 0.6) is 0 Å². The van der Waals surface area contributed by atoms with Crippen LogP contribution >= 0.6 is 0 Å². The number of nitrogens with zero attached hydrogens (tertiary/aromatic N) is 1. The normalized spacial score (nSPS) is 18.4. The molecule has 1 saturated heterocycles. The van der Waals surface area contributed by atoms with Crippen molar-refractivity contribution in [2.24, 2.45) is 10.9 Å². The number of benzene rings is 1. The first kappa shape index (κ1) is 19.5. The minimum absolute atomic E-state index is 0.306. The number of aliphatic hydroxyl groups is 1. The Morgan fingerprint density at radius 1 is 1.30 bits per heavy atom. The first-order valence-electron chi connectivity index (χ1n) is 9.57. The maximum absolute atomic E-state index is 10.5. The molecule has 3 N–H and O–H groups in total. The predicted molar refractivity (Wildman–Crippen MR) is 106 cm³/mol. The summed E-state index contributed by atoms with van der Waals surface area (Å²) in [5.74, 6) is 2.15. The van der Waals surface area contributed by atoms with Gasteiger partial charge in [-0.2, -0.15) is 0 Å². The molecule has 146 valence electrons. The largest absolute Gasteiger partial charge is 0.469 e. The SMILES string of the molecule is Cc1cccc(C(O)CN=C(NCCc2ccco2)NCC2CCOC2)c1. The highest BCUT2D eigenvalue weighted by molar-refractivity contribution is 5.79. The highest BCUT2D eigenvalue weighted by atomic mass is 16.5. The van der Waals surface area contributed by atoms with Gasteiger partial charge in [0, 0.05) is 32.0 Å². The molecule has 1 aliphatic rings. The summed E-state index contributed by atoms with van der Waals surface area (Å²) in [6.45, 7) is 5.47. The van der Waals surface area contributed by atoms with Gasteiger partial charge in [0.25, 0.3) is 0 Å². The number of aryl methyl sites for hydroxylation is 1. The molecular weight excluding hydrogens is 342 g/mol. The first-order valence-corrected chi connectivity index (χ1v) is 9.57. The van der Waals surface area contributed by atoms with Crippen LogP contribution in [0.4, 0.5) is 0 Å². The van der Waals surface area contributed by atoms with E-state index in [9.17, 15) is 5.11 Å². The number of guanidine groups is 1. The molecular formula is C21H29N3O3. The average molecular weight is 371 g/mol. The van der Waals surface area contributed by atoms with Crippen molar-refractivity contribution in [2.45, 2.75) is 25.9 Å². The van der Waals surface area contributed by atoms with E-state index in [1.807, 2.05) is 43.3 Å². The number of hydrogen-bond donors (Lipinski definition) is 3. The summed E-state index contributed by atoms with van der Waals surface area (Å²) >= 11 is 0. The Hall–Kier alpha value is -2.31. The Bertz CT molecular complexity index is 709. The van der Waals surface area contributed by atoms with Gasteiger partial charge < -0.3 is 24.9 Å². The molecule has 2 atom stereocenters. The van der Waals surface area contributed by atoms with Crippen molar-refractivity contribution in [3.05, 3.63) is 59.5 Å². The zero-order valence-corrected chi connectivity index (χ0v) is 15.9. The van der Waals surface area contributed by atoms with E-state index in [2.05, 4.69) is 15.6 Å². The predicted octanol–water partition coefficient (Wildman–Crippen LogP) is 2.44. The van der Waals surface area contributed by atoms with Crippen molar-refractivity contribution < 1.29 is 14.3 Å². The lowest BCUT2D eigenvalue weighted by molar-refractivity contribution is 0.185. The molecule has 6 heteroatoms. The van der Waals surface area contributed by atoms with Crippen LogP contribution < -0.4 is 10.6 Å². The van der Waals surface area contributed by atoms with Gasteiger partial charge in [0.05, 0.1) is 25.5 Å². The smallest absolute Gasteiger partial charge is 0.191 e. The molecule has 1 aromatic carbocycles. The number of aliphatic imine (C=N–C) groups is 1. The third-order valence-electron chi connectivity index (χ3n) is 4.68. The maximum atomic E-state index is 10.5. The number of furan rings is 1. The van der Waals surface area contributed by atoms with Crippen LogP contribution in [0.25, 0.3) is 0 Å². The van der Waals surface area contributed by atoms with E-state index >= 15 is 0 Å². The number of nitrogens with one attached hydrogen (secondary N) is 2. The van der Waals surface area contributed by atoms with Crippen molar-refractivity contribution >= 4 is 5.96 Å². The Morgan fingerprint density at radius 3 is 2.96 bits per heavy atom. The van der Waals surface area contributed by atoms with Gasteiger partial charge in [-0.25, -0.2) is 0 Å². The minimum atomic E-state index is -0.622. The molecule has 2 unspecified atom stereocenters. The lowest BCUT2D eigenvalue weighted by Crippen LogP contribution is -2.41. The fourth-order valence-electron chi connectivity index (χ4n) is 3.08. The molecule has 2 heterocycles. The van der Waals surface area contributed by atoms with Crippen molar-refractivity contribution in [3.8, 4) is 0 Å². The van der Waals surface area contributed by atoms with E-state index in [0.29, 0.717) is 25.0 Å². The molecule has 27 heavy (non-hydrogen) atoms. The topological polar surface area (TPSA) is 79.0 Å². The van der Waals surface area contributed by atoms with Gasteiger partial charge in [0.2, 0.25) is 0 Å². The van der Waals surface area contributed by atoms with Crippen molar-refractivity contribution in [3.63, 3.8) is 0 Å². The van der Waals surface area contributed by atoms with E-state index in [4.69, 9.17) is 9.15 Å². The Kier molecular flexibility index (Phi) is 7.30. The summed E-state index contributed by atoms with van der Waals surface area (Å²) in [7, 11) is 0. The number of rotatable bonds is 8. The van der Waals surface area contributed by atoms with E-state index in [1.165, 1.54) is 0 Å². The fourth-order valence-corrected chi connectivity index (χ4v) is 3.08. The molecule has 0 amide bonds. The number of ether oxygens (including phenoxy) is 1. The summed E-state index contributed by atoms with van der Waals surface area (Å²) < 4.78 is 10.8. The fraction of sp³-hybridized carbons (Fsp3) is 0.476. The van der Waals surface area contributed by atoms with Crippen LogP contribution in [0.15, 0.2) is 52.1 Å². The highest BCUT2D eigenvalue weighted by Crippen LogP contribution is 2.14. The van der Waals surface area contributed by atoms with E-state index in [1.54, 1.807) is 6.26 Å². The molecule has 2 aromatic rings. The summed E-state index contributed by atoms with van der Waals surface area (Å²) in [6, 6.07) is 11.8. The lowest BCUT2D eigenvalue weighted by atomic mass is 10.1.